The summed E-state index contributed by atoms with van der Waals surface area (Å²) in [5.74, 6) is -0.524. The zero-order chi connectivity index (χ0) is 23.3. The van der Waals surface area contributed by atoms with Gasteiger partial charge in [-0.25, -0.2) is 8.42 Å². The van der Waals surface area contributed by atoms with E-state index in [0.29, 0.717) is 30.9 Å². The molecule has 2 amide bonds. The number of amides is 2. The first kappa shape index (κ1) is 23.3. The topological polar surface area (TPSA) is 105 Å². The Morgan fingerprint density at radius 2 is 1.85 bits per heavy atom. The Labute approximate surface area is 194 Å². The Hall–Kier alpha value is -2.91. The minimum absolute atomic E-state index is 0.0487. The van der Waals surface area contributed by atoms with Gasteiger partial charge in [0.1, 0.15) is 0 Å². The number of hydrogen-bond acceptors (Lipinski definition) is 5. The molecule has 0 spiro atoms. The SMILES string of the molecule is O=C(NC[C@@H]1CCCO1)[C@@H]1CCCN(C(=O)c2cccc(NS(=O)(=O)c3ccccc3)c2)C1. The van der Waals surface area contributed by atoms with E-state index in [2.05, 4.69) is 10.0 Å². The fourth-order valence-electron chi connectivity index (χ4n) is 4.25. The van der Waals surface area contributed by atoms with E-state index in [1.54, 1.807) is 41.3 Å². The highest BCUT2D eigenvalue weighted by Crippen LogP contribution is 2.22. The van der Waals surface area contributed by atoms with Crippen molar-refractivity contribution in [2.75, 3.05) is 31.0 Å². The first-order valence-electron chi connectivity index (χ1n) is 11.3. The van der Waals surface area contributed by atoms with Gasteiger partial charge in [0, 0.05) is 37.5 Å². The highest BCUT2D eigenvalue weighted by molar-refractivity contribution is 7.92. The Morgan fingerprint density at radius 3 is 2.61 bits per heavy atom. The van der Waals surface area contributed by atoms with Crippen molar-refractivity contribution in [3.8, 4) is 0 Å². The third kappa shape index (κ3) is 5.91. The third-order valence-electron chi connectivity index (χ3n) is 6.02. The fraction of sp³-hybridized carbons (Fsp3) is 0.417. The van der Waals surface area contributed by atoms with Gasteiger partial charge in [-0.3, -0.25) is 14.3 Å². The van der Waals surface area contributed by atoms with E-state index in [-0.39, 0.29) is 28.7 Å². The lowest BCUT2D eigenvalue weighted by molar-refractivity contribution is -0.126. The molecule has 4 rings (SSSR count). The molecule has 0 unspecified atom stereocenters. The summed E-state index contributed by atoms with van der Waals surface area (Å²) in [6.45, 7) is 2.16. The maximum atomic E-state index is 13.1. The average molecular weight is 472 g/mol. The molecule has 2 atom stereocenters. The summed E-state index contributed by atoms with van der Waals surface area (Å²) >= 11 is 0. The number of sulfonamides is 1. The van der Waals surface area contributed by atoms with Crippen molar-refractivity contribution in [3.63, 3.8) is 0 Å². The van der Waals surface area contributed by atoms with Crippen molar-refractivity contribution in [2.45, 2.75) is 36.7 Å². The van der Waals surface area contributed by atoms with E-state index in [9.17, 15) is 18.0 Å². The molecule has 33 heavy (non-hydrogen) atoms. The third-order valence-corrected chi connectivity index (χ3v) is 7.42. The van der Waals surface area contributed by atoms with Crippen LogP contribution in [0.15, 0.2) is 59.5 Å². The Morgan fingerprint density at radius 1 is 1.03 bits per heavy atom. The monoisotopic (exact) mass is 471 g/mol. The van der Waals surface area contributed by atoms with Crippen molar-refractivity contribution in [3.05, 3.63) is 60.2 Å². The molecule has 0 bridgehead atoms. The molecule has 2 N–H and O–H groups in total. The molecule has 2 fully saturated rings. The van der Waals surface area contributed by atoms with E-state index in [4.69, 9.17) is 4.74 Å². The molecule has 2 heterocycles. The van der Waals surface area contributed by atoms with E-state index < -0.39 is 10.0 Å². The van der Waals surface area contributed by atoms with Crippen LogP contribution in [0.1, 0.15) is 36.0 Å². The maximum Gasteiger partial charge on any atom is 0.261 e. The molecule has 2 aromatic carbocycles. The molecule has 176 valence electrons. The van der Waals surface area contributed by atoms with Crippen LogP contribution >= 0.6 is 0 Å². The summed E-state index contributed by atoms with van der Waals surface area (Å²) in [5, 5.41) is 2.97. The van der Waals surface area contributed by atoms with Crippen molar-refractivity contribution in [2.24, 2.45) is 5.92 Å². The smallest absolute Gasteiger partial charge is 0.261 e. The van der Waals surface area contributed by atoms with Crippen LogP contribution in [-0.2, 0) is 19.6 Å². The number of nitrogens with zero attached hydrogens (tertiary/aromatic N) is 1. The van der Waals surface area contributed by atoms with Crippen LogP contribution in [0.4, 0.5) is 5.69 Å². The first-order valence-corrected chi connectivity index (χ1v) is 12.8. The first-order chi connectivity index (χ1) is 15.9. The molecule has 2 aromatic rings. The second-order valence-electron chi connectivity index (χ2n) is 8.47. The minimum Gasteiger partial charge on any atom is -0.376 e. The number of anilines is 1. The molecule has 8 nitrogen and oxygen atoms in total. The van der Waals surface area contributed by atoms with Crippen molar-refractivity contribution in [1.29, 1.82) is 0 Å². The zero-order valence-electron chi connectivity index (χ0n) is 18.4. The van der Waals surface area contributed by atoms with Crippen LogP contribution in [-0.4, -0.2) is 57.5 Å². The predicted octanol–water partition coefficient (Wildman–Crippen LogP) is 2.63. The maximum absolute atomic E-state index is 13.1. The van der Waals surface area contributed by atoms with Gasteiger partial charge in [-0.15, -0.1) is 0 Å². The fourth-order valence-corrected chi connectivity index (χ4v) is 5.32. The number of carbonyl (C=O) groups excluding carboxylic acids is 2. The summed E-state index contributed by atoms with van der Waals surface area (Å²) in [6, 6.07) is 14.5. The van der Waals surface area contributed by atoms with Gasteiger partial charge in [-0.05, 0) is 56.0 Å². The van der Waals surface area contributed by atoms with Crippen LogP contribution in [0, 0.1) is 5.92 Å². The second kappa shape index (κ2) is 10.4. The number of ether oxygens (including phenoxy) is 1. The lowest BCUT2D eigenvalue weighted by atomic mass is 9.96. The van der Waals surface area contributed by atoms with Crippen molar-refractivity contribution in [1.82, 2.24) is 10.2 Å². The normalized spacial score (nSPS) is 20.9. The second-order valence-corrected chi connectivity index (χ2v) is 10.2. The average Bonchev–Trinajstić information content (AvgIpc) is 3.36. The lowest BCUT2D eigenvalue weighted by Gasteiger charge is -2.32. The number of hydrogen-bond donors (Lipinski definition) is 2. The van der Waals surface area contributed by atoms with Crippen LogP contribution < -0.4 is 10.0 Å². The van der Waals surface area contributed by atoms with Crippen LogP contribution in [0.5, 0.6) is 0 Å². The summed E-state index contributed by atoms with van der Waals surface area (Å²) in [7, 11) is -3.75. The van der Waals surface area contributed by atoms with Gasteiger partial charge in [-0.1, -0.05) is 24.3 Å². The molecule has 2 saturated heterocycles. The summed E-state index contributed by atoms with van der Waals surface area (Å²) in [4.78, 5) is 27.6. The number of likely N-dealkylation sites (tertiary alicyclic amines) is 1. The van der Waals surface area contributed by atoms with Crippen LogP contribution in [0.2, 0.25) is 0 Å². The summed E-state index contributed by atoms with van der Waals surface area (Å²) in [5.41, 5.74) is 0.691. The number of piperidine rings is 1. The molecule has 2 aliphatic heterocycles. The summed E-state index contributed by atoms with van der Waals surface area (Å²) in [6.07, 6.45) is 3.53. The highest BCUT2D eigenvalue weighted by atomic mass is 32.2. The molecule has 9 heteroatoms. The molecular formula is C24H29N3O5S. The molecule has 2 aliphatic rings. The Balaban J connectivity index is 1.38. The minimum atomic E-state index is -3.75. The standard InChI is InChI=1S/C24H29N3O5S/c28-23(25-16-21-10-6-14-32-21)19-8-5-13-27(17-19)24(29)18-7-4-9-20(15-18)26-33(30,31)22-11-2-1-3-12-22/h1-4,7,9,11-12,15,19,21,26H,5-6,8,10,13-14,16-17H2,(H,25,28)/t19-,21+/m1/s1. The van der Waals surface area contributed by atoms with E-state index >= 15 is 0 Å². The van der Waals surface area contributed by atoms with Crippen LogP contribution in [0.25, 0.3) is 0 Å². The van der Waals surface area contributed by atoms with Gasteiger partial charge in [0.15, 0.2) is 0 Å². The largest absolute Gasteiger partial charge is 0.376 e. The molecule has 0 saturated carbocycles. The van der Waals surface area contributed by atoms with E-state index in [0.717, 1.165) is 32.3 Å². The molecule has 0 radical (unpaired) electrons. The van der Waals surface area contributed by atoms with Gasteiger partial charge in [0.2, 0.25) is 5.91 Å². The van der Waals surface area contributed by atoms with Crippen molar-refractivity contribution >= 4 is 27.5 Å². The van der Waals surface area contributed by atoms with Gasteiger partial charge >= 0.3 is 0 Å². The molecule has 0 aromatic heterocycles. The summed E-state index contributed by atoms with van der Waals surface area (Å²) < 4.78 is 33.3. The number of nitrogens with one attached hydrogen (secondary N) is 2. The lowest BCUT2D eigenvalue weighted by Crippen LogP contribution is -2.46. The van der Waals surface area contributed by atoms with E-state index in [1.165, 1.54) is 18.2 Å². The number of rotatable bonds is 7. The van der Waals surface area contributed by atoms with Gasteiger partial charge in [0.25, 0.3) is 15.9 Å². The van der Waals surface area contributed by atoms with Gasteiger partial charge in [-0.2, -0.15) is 0 Å². The Bertz CT molecular complexity index is 1080. The van der Waals surface area contributed by atoms with Gasteiger partial charge < -0.3 is 15.0 Å². The van der Waals surface area contributed by atoms with Gasteiger partial charge in [0.05, 0.1) is 16.9 Å². The molecule has 0 aliphatic carbocycles. The van der Waals surface area contributed by atoms with Crippen LogP contribution in [0.3, 0.4) is 0 Å². The Kier molecular flexibility index (Phi) is 7.29. The zero-order valence-corrected chi connectivity index (χ0v) is 19.2. The quantitative estimate of drug-likeness (QED) is 0.646. The number of carbonyl (C=O) groups is 2. The molecular weight excluding hydrogens is 442 g/mol. The van der Waals surface area contributed by atoms with Crippen molar-refractivity contribution < 1.29 is 22.7 Å². The number of benzene rings is 2. The van der Waals surface area contributed by atoms with E-state index in [1.807, 2.05) is 0 Å². The highest BCUT2D eigenvalue weighted by Gasteiger charge is 2.29. The predicted molar refractivity (Wildman–Crippen MR) is 124 cm³/mol.